The van der Waals surface area contributed by atoms with Crippen LogP contribution in [0.4, 0.5) is 14.7 Å². The average Bonchev–Trinajstić information content (AvgIpc) is 2.74. The number of nitrogen functional groups attached to an aromatic ring is 1. The van der Waals surface area contributed by atoms with Crippen molar-refractivity contribution < 1.29 is 17.2 Å². The summed E-state index contributed by atoms with van der Waals surface area (Å²) in [4.78, 5) is 8.46. The molecule has 3 aromatic rings. The van der Waals surface area contributed by atoms with Gasteiger partial charge in [0.2, 0.25) is 16.0 Å². The van der Waals surface area contributed by atoms with Crippen molar-refractivity contribution >= 4 is 16.0 Å². The van der Waals surface area contributed by atoms with Gasteiger partial charge in [-0.3, -0.25) is 0 Å². The van der Waals surface area contributed by atoms with E-state index in [1.165, 1.54) is 28.6 Å². The Labute approximate surface area is 173 Å². The van der Waals surface area contributed by atoms with E-state index in [2.05, 4.69) is 9.97 Å². The van der Waals surface area contributed by atoms with Crippen molar-refractivity contribution in [2.45, 2.75) is 23.7 Å². The first-order valence-electron chi connectivity index (χ1n) is 9.48. The smallest absolute Gasteiger partial charge is 0.243 e. The number of hydrogen-bond donors (Lipinski definition) is 1. The Morgan fingerprint density at radius 2 is 1.83 bits per heavy atom. The largest absolute Gasteiger partial charge is 0.368 e. The normalized spacial score (nSPS) is 17.7. The second kappa shape index (κ2) is 8.08. The summed E-state index contributed by atoms with van der Waals surface area (Å²) < 4.78 is 54.4. The molecule has 0 aliphatic carbocycles. The van der Waals surface area contributed by atoms with E-state index in [0.717, 1.165) is 12.1 Å². The van der Waals surface area contributed by atoms with Crippen LogP contribution in [0.5, 0.6) is 0 Å². The zero-order valence-electron chi connectivity index (χ0n) is 16.0. The molecule has 0 spiro atoms. The van der Waals surface area contributed by atoms with Gasteiger partial charge in [-0.2, -0.15) is 4.31 Å². The highest BCUT2D eigenvalue weighted by Gasteiger charge is 2.32. The molecule has 2 N–H and O–H groups in total. The Kier molecular flexibility index (Phi) is 5.48. The Morgan fingerprint density at radius 1 is 1.07 bits per heavy atom. The molecular formula is C21H20F2N4O2S. The predicted octanol–water partition coefficient (Wildman–Crippen LogP) is 3.57. The number of nitrogens with two attached hydrogens (primary N) is 1. The minimum atomic E-state index is -3.78. The molecule has 1 saturated heterocycles. The van der Waals surface area contributed by atoms with Crippen LogP contribution in [0, 0.1) is 11.6 Å². The molecule has 4 rings (SSSR count). The van der Waals surface area contributed by atoms with Crippen LogP contribution in [0.1, 0.15) is 24.5 Å². The summed E-state index contributed by atoms with van der Waals surface area (Å²) in [6.45, 7) is 0.546. The van der Waals surface area contributed by atoms with Crippen LogP contribution in [-0.4, -0.2) is 35.8 Å². The minimum absolute atomic E-state index is 0.0390. The van der Waals surface area contributed by atoms with Gasteiger partial charge in [-0.15, -0.1) is 0 Å². The third-order valence-electron chi connectivity index (χ3n) is 5.19. The van der Waals surface area contributed by atoms with E-state index in [9.17, 15) is 17.2 Å². The van der Waals surface area contributed by atoms with Gasteiger partial charge in [0.15, 0.2) is 0 Å². The van der Waals surface area contributed by atoms with Crippen molar-refractivity contribution in [3.05, 3.63) is 72.1 Å². The molecule has 1 aliphatic rings. The van der Waals surface area contributed by atoms with Crippen molar-refractivity contribution in [2.75, 3.05) is 18.8 Å². The SMILES string of the molecule is Nc1ncc(-c2cccc(F)c2)c([C@@H]2CCCN(S(=O)(=O)c3ccc(F)cc3)C2)n1. The summed E-state index contributed by atoms with van der Waals surface area (Å²) >= 11 is 0. The highest BCUT2D eigenvalue weighted by molar-refractivity contribution is 7.89. The number of halogens is 2. The zero-order valence-corrected chi connectivity index (χ0v) is 16.8. The summed E-state index contributed by atoms with van der Waals surface area (Å²) in [5.74, 6) is -1.05. The molecule has 1 aliphatic heterocycles. The van der Waals surface area contributed by atoms with E-state index < -0.39 is 15.8 Å². The lowest BCUT2D eigenvalue weighted by atomic mass is 9.91. The van der Waals surface area contributed by atoms with Crippen molar-refractivity contribution in [3.63, 3.8) is 0 Å². The molecule has 2 aromatic carbocycles. The number of piperidine rings is 1. The minimum Gasteiger partial charge on any atom is -0.368 e. The van der Waals surface area contributed by atoms with Crippen LogP contribution < -0.4 is 5.73 Å². The van der Waals surface area contributed by atoms with Crippen molar-refractivity contribution in [1.29, 1.82) is 0 Å². The molecule has 1 fully saturated rings. The maximum absolute atomic E-state index is 13.8. The van der Waals surface area contributed by atoms with Gasteiger partial charge in [0.1, 0.15) is 11.6 Å². The quantitative estimate of drug-likeness (QED) is 0.684. The number of aromatic nitrogens is 2. The molecule has 2 heterocycles. The standard InChI is InChI=1S/C21H20F2N4O2S/c22-16-6-8-18(9-7-16)30(28,29)27-10-2-4-15(13-27)20-19(12-25-21(24)26-20)14-3-1-5-17(23)11-14/h1,3,5-9,11-12,15H,2,4,10,13H2,(H2,24,25,26)/t15-/m1/s1. The van der Waals surface area contributed by atoms with Crippen LogP contribution >= 0.6 is 0 Å². The number of anilines is 1. The maximum atomic E-state index is 13.8. The molecule has 0 bridgehead atoms. The Balaban J connectivity index is 1.68. The summed E-state index contributed by atoms with van der Waals surface area (Å²) in [7, 11) is -3.78. The Bertz CT molecular complexity index is 1170. The number of nitrogens with zero attached hydrogens (tertiary/aromatic N) is 3. The van der Waals surface area contributed by atoms with E-state index in [1.807, 2.05) is 0 Å². The van der Waals surface area contributed by atoms with Gasteiger partial charge < -0.3 is 5.73 Å². The fraction of sp³-hybridized carbons (Fsp3) is 0.238. The van der Waals surface area contributed by atoms with E-state index in [4.69, 9.17) is 5.73 Å². The number of benzene rings is 2. The van der Waals surface area contributed by atoms with Crippen molar-refractivity contribution in [3.8, 4) is 11.1 Å². The molecule has 0 saturated carbocycles. The Hall–Kier alpha value is -2.91. The molecule has 0 radical (unpaired) electrons. The molecule has 30 heavy (non-hydrogen) atoms. The maximum Gasteiger partial charge on any atom is 0.243 e. The molecular weight excluding hydrogens is 410 g/mol. The van der Waals surface area contributed by atoms with Gasteiger partial charge in [0, 0.05) is 30.8 Å². The highest BCUT2D eigenvalue weighted by atomic mass is 32.2. The second-order valence-corrected chi connectivity index (χ2v) is 9.13. The van der Waals surface area contributed by atoms with Crippen molar-refractivity contribution in [1.82, 2.24) is 14.3 Å². The zero-order chi connectivity index (χ0) is 21.3. The third-order valence-corrected chi connectivity index (χ3v) is 7.07. The fourth-order valence-electron chi connectivity index (χ4n) is 3.74. The first kappa shape index (κ1) is 20.4. The van der Waals surface area contributed by atoms with Crippen LogP contribution in [0.3, 0.4) is 0 Å². The number of hydrogen-bond acceptors (Lipinski definition) is 5. The van der Waals surface area contributed by atoms with Gasteiger partial charge in [-0.25, -0.2) is 27.2 Å². The van der Waals surface area contributed by atoms with E-state index in [-0.39, 0.29) is 29.1 Å². The lowest BCUT2D eigenvalue weighted by Crippen LogP contribution is -2.39. The molecule has 9 heteroatoms. The predicted molar refractivity (Wildman–Crippen MR) is 109 cm³/mol. The summed E-state index contributed by atoms with van der Waals surface area (Å²) in [6.07, 6.45) is 2.87. The van der Waals surface area contributed by atoms with E-state index >= 15 is 0 Å². The van der Waals surface area contributed by atoms with Gasteiger partial charge in [-0.1, -0.05) is 12.1 Å². The number of sulfonamides is 1. The fourth-order valence-corrected chi connectivity index (χ4v) is 5.26. The first-order chi connectivity index (χ1) is 14.3. The molecule has 1 atom stereocenters. The molecule has 0 amide bonds. The number of rotatable bonds is 4. The summed E-state index contributed by atoms with van der Waals surface area (Å²) in [5, 5.41) is 0. The third kappa shape index (κ3) is 4.03. The lowest BCUT2D eigenvalue weighted by Gasteiger charge is -2.32. The topological polar surface area (TPSA) is 89.2 Å². The van der Waals surface area contributed by atoms with Crippen LogP contribution in [0.25, 0.3) is 11.1 Å². The molecule has 0 unspecified atom stereocenters. The first-order valence-corrected chi connectivity index (χ1v) is 10.9. The van der Waals surface area contributed by atoms with Crippen LogP contribution in [0.2, 0.25) is 0 Å². The summed E-state index contributed by atoms with van der Waals surface area (Å²) in [6, 6.07) is 10.8. The van der Waals surface area contributed by atoms with Gasteiger partial charge >= 0.3 is 0 Å². The van der Waals surface area contributed by atoms with E-state index in [1.54, 1.807) is 18.3 Å². The average molecular weight is 430 g/mol. The highest BCUT2D eigenvalue weighted by Crippen LogP contribution is 2.35. The van der Waals surface area contributed by atoms with Crippen LogP contribution in [-0.2, 0) is 10.0 Å². The molecule has 6 nitrogen and oxygen atoms in total. The van der Waals surface area contributed by atoms with E-state index in [0.29, 0.717) is 36.2 Å². The summed E-state index contributed by atoms with van der Waals surface area (Å²) in [5.41, 5.74) is 7.61. The van der Waals surface area contributed by atoms with Crippen LogP contribution in [0.15, 0.2) is 59.6 Å². The monoisotopic (exact) mass is 430 g/mol. The van der Waals surface area contributed by atoms with Gasteiger partial charge in [0.05, 0.1) is 10.6 Å². The lowest BCUT2D eigenvalue weighted by molar-refractivity contribution is 0.313. The second-order valence-electron chi connectivity index (χ2n) is 7.19. The molecule has 156 valence electrons. The van der Waals surface area contributed by atoms with Gasteiger partial charge in [-0.05, 0) is 54.8 Å². The Morgan fingerprint density at radius 3 is 2.57 bits per heavy atom. The molecule has 1 aromatic heterocycles. The van der Waals surface area contributed by atoms with Gasteiger partial charge in [0.25, 0.3) is 0 Å². The van der Waals surface area contributed by atoms with Crippen molar-refractivity contribution in [2.24, 2.45) is 0 Å².